The van der Waals surface area contributed by atoms with E-state index in [0.29, 0.717) is 12.3 Å². The van der Waals surface area contributed by atoms with Crippen molar-refractivity contribution in [2.24, 2.45) is 5.73 Å². The van der Waals surface area contributed by atoms with Gasteiger partial charge in [-0.1, -0.05) is 12.2 Å². The highest BCUT2D eigenvalue weighted by Crippen LogP contribution is 2.06. The maximum Gasteiger partial charge on any atom is 0.261 e. The van der Waals surface area contributed by atoms with Gasteiger partial charge >= 0.3 is 0 Å². The van der Waals surface area contributed by atoms with Crippen molar-refractivity contribution in [2.45, 2.75) is 25.3 Å². The summed E-state index contributed by atoms with van der Waals surface area (Å²) in [5.41, 5.74) is 5.58. The van der Waals surface area contributed by atoms with Gasteiger partial charge in [-0.25, -0.2) is 0 Å². The highest BCUT2D eigenvalue weighted by Gasteiger charge is 2.00. The van der Waals surface area contributed by atoms with Crippen LogP contribution in [-0.4, -0.2) is 25.3 Å². The largest absolute Gasteiger partial charge is 0.327 e. The van der Waals surface area contributed by atoms with Crippen molar-refractivity contribution in [2.75, 3.05) is 6.26 Å². The fraction of sp³-hybridized carbons (Fsp3) is 0.714. The maximum absolute atomic E-state index is 9.19. The van der Waals surface area contributed by atoms with Crippen molar-refractivity contribution < 1.29 is 13.0 Å². The Morgan fingerprint density at radius 3 is 2.17 bits per heavy atom. The van der Waals surface area contributed by atoms with Gasteiger partial charge in [-0.3, -0.25) is 4.55 Å². The van der Waals surface area contributed by atoms with Gasteiger partial charge in [0.2, 0.25) is 0 Å². The van der Waals surface area contributed by atoms with E-state index in [2.05, 4.69) is 12.2 Å². The molecular formula is C7H15NO3S. The third kappa shape index (κ3) is 12.3. The van der Waals surface area contributed by atoms with E-state index in [0.717, 1.165) is 6.42 Å². The summed E-state index contributed by atoms with van der Waals surface area (Å²) in [5.74, 6) is 0. The summed E-state index contributed by atoms with van der Waals surface area (Å²) in [6, 6.07) is 0.449. The van der Waals surface area contributed by atoms with Crippen LogP contribution in [0, 0.1) is 0 Å². The number of nitrogens with two attached hydrogens (primary N) is 1. The summed E-state index contributed by atoms with van der Waals surface area (Å²) < 4.78 is 25.9. The average Bonchev–Trinajstić information content (AvgIpc) is 1.85. The predicted octanol–water partition coefficient (Wildman–Crippen LogP) is 0.558. The molecule has 0 saturated carbocycles. The maximum atomic E-state index is 9.19. The molecule has 1 rings (SSSR count). The molecule has 3 N–H and O–H groups in total. The number of allylic oxidation sites excluding steroid dienone is 1. The van der Waals surface area contributed by atoms with Crippen LogP contribution >= 0.6 is 0 Å². The predicted molar refractivity (Wildman–Crippen MR) is 48.4 cm³/mol. The molecule has 1 atom stereocenters. The van der Waals surface area contributed by atoms with E-state index < -0.39 is 10.1 Å². The van der Waals surface area contributed by atoms with E-state index in [-0.39, 0.29) is 0 Å². The molecule has 5 heteroatoms. The molecule has 12 heavy (non-hydrogen) atoms. The van der Waals surface area contributed by atoms with Crippen LogP contribution in [0.2, 0.25) is 0 Å². The van der Waals surface area contributed by atoms with Crippen molar-refractivity contribution in [1.82, 2.24) is 0 Å². The molecule has 0 fully saturated rings. The van der Waals surface area contributed by atoms with Crippen LogP contribution in [0.5, 0.6) is 0 Å². The third-order valence-electron chi connectivity index (χ3n) is 1.31. The molecule has 0 aromatic carbocycles. The SMILES string of the molecule is CS(=O)(=O)O.NC1CC=CCC1. The lowest BCUT2D eigenvalue weighted by Crippen LogP contribution is -2.19. The van der Waals surface area contributed by atoms with E-state index in [4.69, 9.17) is 10.3 Å². The van der Waals surface area contributed by atoms with Gasteiger partial charge in [0, 0.05) is 6.04 Å². The lowest BCUT2D eigenvalue weighted by Gasteiger charge is -2.09. The number of hydrogen-bond donors (Lipinski definition) is 2. The lowest BCUT2D eigenvalue weighted by molar-refractivity contribution is 0.490. The summed E-state index contributed by atoms with van der Waals surface area (Å²) in [7, 11) is -3.67. The van der Waals surface area contributed by atoms with Gasteiger partial charge in [0.15, 0.2) is 0 Å². The minimum Gasteiger partial charge on any atom is -0.327 e. The molecule has 72 valence electrons. The first kappa shape index (κ1) is 11.6. The first-order chi connectivity index (χ1) is 5.39. The average molecular weight is 193 g/mol. The Morgan fingerprint density at radius 2 is 2.00 bits per heavy atom. The fourth-order valence-electron chi connectivity index (χ4n) is 0.817. The zero-order valence-corrected chi connectivity index (χ0v) is 7.92. The molecule has 0 heterocycles. The molecule has 4 nitrogen and oxygen atoms in total. The van der Waals surface area contributed by atoms with Crippen molar-refractivity contribution >= 4 is 10.1 Å². The molecule has 0 saturated heterocycles. The first-order valence-electron chi connectivity index (χ1n) is 3.72. The Morgan fingerprint density at radius 1 is 1.50 bits per heavy atom. The van der Waals surface area contributed by atoms with Gasteiger partial charge in [0.25, 0.3) is 10.1 Å². The number of hydrogen-bond acceptors (Lipinski definition) is 3. The van der Waals surface area contributed by atoms with Crippen LogP contribution in [-0.2, 0) is 10.1 Å². The van der Waals surface area contributed by atoms with Crippen LogP contribution < -0.4 is 5.73 Å². The van der Waals surface area contributed by atoms with Crippen LogP contribution in [0.25, 0.3) is 0 Å². The zero-order chi connectivity index (χ0) is 9.61. The van der Waals surface area contributed by atoms with E-state index in [1.807, 2.05) is 0 Å². The number of rotatable bonds is 0. The molecule has 0 aromatic rings. The van der Waals surface area contributed by atoms with E-state index in [9.17, 15) is 8.42 Å². The molecule has 1 aliphatic carbocycles. The molecule has 0 radical (unpaired) electrons. The van der Waals surface area contributed by atoms with Gasteiger partial charge in [-0.05, 0) is 19.3 Å². The summed E-state index contributed by atoms with van der Waals surface area (Å²) >= 11 is 0. The first-order valence-corrected chi connectivity index (χ1v) is 5.57. The van der Waals surface area contributed by atoms with Crippen LogP contribution in [0.15, 0.2) is 12.2 Å². The quantitative estimate of drug-likeness (QED) is 0.435. The lowest BCUT2D eigenvalue weighted by atomic mass is 10.0. The normalized spacial score (nSPS) is 22.8. The Bertz CT molecular complexity index is 225. The smallest absolute Gasteiger partial charge is 0.261 e. The molecule has 1 aliphatic rings. The standard InChI is InChI=1S/C6H11N.CH4O3S/c7-6-4-2-1-3-5-6;1-5(2,3)4/h1-2,6H,3-5,7H2;1H3,(H,2,3,4). The van der Waals surface area contributed by atoms with Gasteiger partial charge in [0.05, 0.1) is 6.26 Å². The molecule has 0 amide bonds. The highest BCUT2D eigenvalue weighted by atomic mass is 32.2. The zero-order valence-electron chi connectivity index (χ0n) is 7.10. The van der Waals surface area contributed by atoms with Crippen molar-refractivity contribution in [3.05, 3.63) is 12.2 Å². The minimum absolute atomic E-state index is 0.449. The van der Waals surface area contributed by atoms with Gasteiger partial charge < -0.3 is 5.73 Å². The summed E-state index contributed by atoms with van der Waals surface area (Å²) in [4.78, 5) is 0. The summed E-state index contributed by atoms with van der Waals surface area (Å²) in [5, 5.41) is 0. The monoisotopic (exact) mass is 193 g/mol. The summed E-state index contributed by atoms with van der Waals surface area (Å²) in [6.07, 6.45) is 8.52. The van der Waals surface area contributed by atoms with Gasteiger partial charge in [-0.15, -0.1) is 0 Å². The Labute approximate surface area is 73.2 Å². The fourth-order valence-corrected chi connectivity index (χ4v) is 0.817. The molecule has 0 aliphatic heterocycles. The second-order valence-electron chi connectivity index (χ2n) is 2.78. The van der Waals surface area contributed by atoms with Gasteiger partial charge in [0.1, 0.15) is 0 Å². The third-order valence-corrected chi connectivity index (χ3v) is 1.31. The summed E-state index contributed by atoms with van der Waals surface area (Å²) in [6.45, 7) is 0. The second-order valence-corrected chi connectivity index (χ2v) is 4.24. The topological polar surface area (TPSA) is 80.4 Å². The van der Waals surface area contributed by atoms with Crippen molar-refractivity contribution in [3.8, 4) is 0 Å². The highest BCUT2D eigenvalue weighted by molar-refractivity contribution is 7.85. The molecular weight excluding hydrogens is 178 g/mol. The second kappa shape index (κ2) is 5.29. The van der Waals surface area contributed by atoms with Crippen molar-refractivity contribution in [3.63, 3.8) is 0 Å². The van der Waals surface area contributed by atoms with E-state index in [1.54, 1.807) is 0 Å². The van der Waals surface area contributed by atoms with E-state index in [1.165, 1.54) is 12.8 Å². The van der Waals surface area contributed by atoms with Crippen LogP contribution in [0.1, 0.15) is 19.3 Å². The van der Waals surface area contributed by atoms with Gasteiger partial charge in [-0.2, -0.15) is 8.42 Å². The Balaban J connectivity index is 0.000000217. The molecule has 0 spiro atoms. The van der Waals surface area contributed by atoms with Crippen molar-refractivity contribution in [1.29, 1.82) is 0 Å². The van der Waals surface area contributed by atoms with Crippen LogP contribution in [0.4, 0.5) is 0 Å². The Kier molecular flexibility index (Phi) is 5.12. The molecule has 0 aromatic heterocycles. The van der Waals surface area contributed by atoms with E-state index >= 15 is 0 Å². The molecule has 1 unspecified atom stereocenters. The minimum atomic E-state index is -3.67. The molecule has 0 bridgehead atoms. The Hall–Kier alpha value is -0.390. The van der Waals surface area contributed by atoms with Crippen LogP contribution in [0.3, 0.4) is 0 Å².